The van der Waals surface area contributed by atoms with Crippen molar-refractivity contribution in [2.45, 2.75) is 37.0 Å². The molecule has 0 radical (unpaired) electrons. The highest BCUT2D eigenvalue weighted by Crippen LogP contribution is 2.26. The van der Waals surface area contributed by atoms with Gasteiger partial charge in [-0.15, -0.1) is 0 Å². The number of thioether (sulfide) groups is 1. The first-order chi connectivity index (χ1) is 10.8. The number of alkyl carbamates (subject to hydrolysis) is 1. The van der Waals surface area contributed by atoms with Gasteiger partial charge in [0.2, 0.25) is 0 Å². The van der Waals surface area contributed by atoms with E-state index >= 15 is 0 Å². The third kappa shape index (κ3) is 9.50. The molecule has 0 unspecified atom stereocenters. The SMILES string of the molecule is CNCCOCCOCCOC(=O)NC1CCC(SC)CC1. The Hall–Kier alpha value is -0.500. The number of rotatable bonds is 11. The van der Waals surface area contributed by atoms with Crippen molar-refractivity contribution in [1.82, 2.24) is 10.6 Å². The van der Waals surface area contributed by atoms with Crippen LogP contribution in [-0.4, -0.2) is 70.3 Å². The van der Waals surface area contributed by atoms with E-state index in [1.54, 1.807) is 0 Å². The molecule has 0 saturated heterocycles. The maximum Gasteiger partial charge on any atom is 0.407 e. The predicted octanol–water partition coefficient (Wildman–Crippen LogP) is 1.64. The minimum atomic E-state index is -0.332. The van der Waals surface area contributed by atoms with Crippen LogP contribution >= 0.6 is 11.8 Å². The molecule has 0 aromatic heterocycles. The van der Waals surface area contributed by atoms with Crippen LogP contribution in [-0.2, 0) is 14.2 Å². The summed E-state index contributed by atoms with van der Waals surface area (Å²) in [6.45, 7) is 3.28. The van der Waals surface area contributed by atoms with Gasteiger partial charge in [0.15, 0.2) is 0 Å². The number of likely N-dealkylation sites (N-methyl/N-ethyl adjacent to an activating group) is 1. The molecule has 6 nitrogen and oxygen atoms in total. The highest BCUT2D eigenvalue weighted by Gasteiger charge is 2.21. The first-order valence-corrected chi connectivity index (χ1v) is 9.31. The second-order valence-corrected chi connectivity index (χ2v) is 6.46. The quantitative estimate of drug-likeness (QED) is 0.560. The van der Waals surface area contributed by atoms with E-state index in [9.17, 15) is 4.79 Å². The van der Waals surface area contributed by atoms with Crippen molar-refractivity contribution in [1.29, 1.82) is 0 Å². The molecule has 7 heteroatoms. The van der Waals surface area contributed by atoms with Crippen LogP contribution in [0.25, 0.3) is 0 Å². The van der Waals surface area contributed by atoms with Gasteiger partial charge in [-0.2, -0.15) is 11.8 Å². The summed E-state index contributed by atoms with van der Waals surface area (Å²) < 4.78 is 15.8. The summed E-state index contributed by atoms with van der Waals surface area (Å²) in [6, 6.07) is 0.261. The fourth-order valence-electron chi connectivity index (χ4n) is 2.34. The summed E-state index contributed by atoms with van der Waals surface area (Å²) in [5.41, 5.74) is 0. The van der Waals surface area contributed by atoms with Crippen LogP contribution in [0.15, 0.2) is 0 Å². The lowest BCUT2D eigenvalue weighted by Gasteiger charge is -2.27. The molecule has 2 N–H and O–H groups in total. The molecule has 0 spiro atoms. The number of hydrogen-bond donors (Lipinski definition) is 2. The number of hydrogen-bond acceptors (Lipinski definition) is 6. The molecule has 0 aliphatic heterocycles. The number of carbonyl (C=O) groups excluding carboxylic acids is 1. The lowest BCUT2D eigenvalue weighted by molar-refractivity contribution is 0.0286. The third-order valence-corrected chi connectivity index (χ3v) is 4.80. The normalized spacial score (nSPS) is 21.5. The molecule has 1 aliphatic carbocycles. The fourth-order valence-corrected chi connectivity index (χ4v) is 3.08. The molecule has 1 rings (SSSR count). The van der Waals surface area contributed by atoms with E-state index in [2.05, 4.69) is 16.9 Å². The molecule has 0 atom stereocenters. The van der Waals surface area contributed by atoms with E-state index in [1.807, 2.05) is 18.8 Å². The second kappa shape index (κ2) is 13.0. The van der Waals surface area contributed by atoms with E-state index in [4.69, 9.17) is 14.2 Å². The van der Waals surface area contributed by atoms with Crippen LogP contribution in [0.3, 0.4) is 0 Å². The van der Waals surface area contributed by atoms with Gasteiger partial charge in [0, 0.05) is 17.8 Å². The van der Waals surface area contributed by atoms with Gasteiger partial charge in [-0.1, -0.05) is 0 Å². The molecular formula is C15H30N2O4S. The van der Waals surface area contributed by atoms with Crippen LogP contribution in [0.5, 0.6) is 0 Å². The molecule has 0 aromatic carbocycles. The van der Waals surface area contributed by atoms with Gasteiger partial charge in [0.05, 0.1) is 26.4 Å². The van der Waals surface area contributed by atoms with Gasteiger partial charge >= 0.3 is 6.09 Å². The predicted molar refractivity (Wildman–Crippen MR) is 89.6 cm³/mol. The van der Waals surface area contributed by atoms with Crippen molar-refractivity contribution < 1.29 is 19.0 Å². The Balaban J connectivity index is 1.89. The standard InChI is InChI=1S/C15H30N2O4S/c1-16-7-8-19-9-10-20-11-12-21-15(18)17-13-3-5-14(22-2)6-4-13/h13-14,16H,3-12H2,1-2H3,(H,17,18). The molecule has 130 valence electrons. The largest absolute Gasteiger partial charge is 0.447 e. The fraction of sp³-hybridized carbons (Fsp3) is 0.933. The summed E-state index contributed by atoms with van der Waals surface area (Å²) in [7, 11) is 1.89. The Bertz CT molecular complexity index is 287. The second-order valence-electron chi connectivity index (χ2n) is 5.32. The molecule has 1 saturated carbocycles. The van der Waals surface area contributed by atoms with Crippen LogP contribution in [0.4, 0.5) is 4.79 Å². The zero-order valence-electron chi connectivity index (χ0n) is 13.8. The zero-order chi connectivity index (χ0) is 16.0. The third-order valence-electron chi connectivity index (χ3n) is 3.66. The van der Waals surface area contributed by atoms with Gasteiger partial charge in [-0.05, 0) is 39.0 Å². The summed E-state index contributed by atoms with van der Waals surface area (Å²) >= 11 is 1.92. The van der Waals surface area contributed by atoms with E-state index in [-0.39, 0.29) is 18.7 Å². The zero-order valence-corrected chi connectivity index (χ0v) is 14.6. The van der Waals surface area contributed by atoms with E-state index in [0.29, 0.717) is 26.4 Å². The topological polar surface area (TPSA) is 68.8 Å². The van der Waals surface area contributed by atoms with Crippen molar-refractivity contribution in [3.63, 3.8) is 0 Å². The molecule has 0 heterocycles. The van der Waals surface area contributed by atoms with Gasteiger partial charge in [0.1, 0.15) is 6.61 Å². The molecule has 1 fully saturated rings. The smallest absolute Gasteiger partial charge is 0.407 e. The van der Waals surface area contributed by atoms with Crippen LogP contribution < -0.4 is 10.6 Å². The molecule has 0 aromatic rings. The van der Waals surface area contributed by atoms with Gasteiger partial charge in [0.25, 0.3) is 0 Å². The van der Waals surface area contributed by atoms with Crippen LogP contribution in [0.2, 0.25) is 0 Å². The van der Waals surface area contributed by atoms with Crippen molar-refractivity contribution in [3.05, 3.63) is 0 Å². The maximum absolute atomic E-state index is 11.6. The van der Waals surface area contributed by atoms with E-state index < -0.39 is 0 Å². The Labute approximate surface area is 138 Å². The monoisotopic (exact) mass is 334 g/mol. The first-order valence-electron chi connectivity index (χ1n) is 8.02. The number of ether oxygens (including phenoxy) is 3. The number of amides is 1. The first kappa shape index (κ1) is 19.5. The van der Waals surface area contributed by atoms with E-state index in [1.165, 1.54) is 12.8 Å². The molecule has 0 bridgehead atoms. The van der Waals surface area contributed by atoms with Gasteiger partial charge in [-0.3, -0.25) is 0 Å². The number of carbonyl (C=O) groups is 1. The average molecular weight is 334 g/mol. The van der Waals surface area contributed by atoms with Crippen LogP contribution in [0.1, 0.15) is 25.7 Å². The molecular weight excluding hydrogens is 304 g/mol. The van der Waals surface area contributed by atoms with Crippen molar-refractivity contribution >= 4 is 17.9 Å². The lowest BCUT2D eigenvalue weighted by atomic mass is 9.95. The van der Waals surface area contributed by atoms with Crippen molar-refractivity contribution in [3.8, 4) is 0 Å². The summed E-state index contributed by atoms with van der Waals surface area (Å²) in [6.07, 6.45) is 6.24. The molecule has 1 amide bonds. The van der Waals surface area contributed by atoms with Gasteiger partial charge in [-0.25, -0.2) is 4.79 Å². The Morgan fingerprint density at radius 2 is 1.68 bits per heavy atom. The summed E-state index contributed by atoms with van der Waals surface area (Å²) in [4.78, 5) is 11.6. The Kier molecular flexibility index (Phi) is 11.5. The maximum atomic E-state index is 11.6. The van der Waals surface area contributed by atoms with E-state index in [0.717, 1.165) is 24.6 Å². The van der Waals surface area contributed by atoms with Crippen molar-refractivity contribution in [2.24, 2.45) is 0 Å². The summed E-state index contributed by atoms with van der Waals surface area (Å²) in [5.74, 6) is 0. The molecule has 22 heavy (non-hydrogen) atoms. The Morgan fingerprint density at radius 3 is 2.32 bits per heavy atom. The molecule has 1 aliphatic rings. The Morgan fingerprint density at radius 1 is 1.05 bits per heavy atom. The minimum Gasteiger partial charge on any atom is -0.447 e. The minimum absolute atomic E-state index is 0.261. The van der Waals surface area contributed by atoms with Crippen LogP contribution in [0, 0.1) is 0 Å². The van der Waals surface area contributed by atoms with Crippen molar-refractivity contribution in [2.75, 3.05) is 52.9 Å². The highest BCUT2D eigenvalue weighted by molar-refractivity contribution is 7.99. The summed E-state index contributed by atoms with van der Waals surface area (Å²) in [5, 5.41) is 6.68. The number of nitrogens with one attached hydrogen (secondary N) is 2. The average Bonchev–Trinajstić information content (AvgIpc) is 2.54. The lowest BCUT2D eigenvalue weighted by Crippen LogP contribution is -2.38. The highest BCUT2D eigenvalue weighted by atomic mass is 32.2. The van der Waals surface area contributed by atoms with Gasteiger partial charge < -0.3 is 24.8 Å².